The maximum atomic E-state index is 13.8. The maximum Gasteiger partial charge on any atom is 0.387 e. The molecule has 5 heteroatoms. The number of fused-ring (bicyclic) bond motifs is 1. The number of Topliss-reactive ketones (excluding diaryl/α,β-unsaturated/α-hetero) is 1. The van der Waals surface area contributed by atoms with Gasteiger partial charge in [0, 0.05) is 12.8 Å². The van der Waals surface area contributed by atoms with Gasteiger partial charge in [-0.1, -0.05) is 6.07 Å². The van der Waals surface area contributed by atoms with Crippen LogP contribution >= 0.6 is 0 Å². The number of hydrogen-bond acceptors (Lipinski definition) is 2. The third kappa shape index (κ3) is 3.28. The average Bonchev–Trinajstić information content (AvgIpc) is 2.48. The molecule has 3 atom stereocenters. The van der Waals surface area contributed by atoms with Crippen LogP contribution in [0.3, 0.4) is 0 Å². The van der Waals surface area contributed by atoms with Crippen LogP contribution in [0.2, 0.25) is 0 Å². The molecule has 2 aliphatic rings. The molecule has 3 rings (SSSR count). The fourth-order valence-electron chi connectivity index (χ4n) is 3.96. The monoisotopic (exact) mass is 312 g/mol. The molecule has 0 saturated heterocycles. The first-order chi connectivity index (χ1) is 10.5. The molecule has 0 spiro atoms. The highest BCUT2D eigenvalue weighted by molar-refractivity contribution is 5.79. The number of alkyl halides is 2. The first-order valence-corrected chi connectivity index (χ1v) is 7.79. The fraction of sp³-hybridized carbons (Fsp3) is 0.588. The molecule has 120 valence electrons. The summed E-state index contributed by atoms with van der Waals surface area (Å²) in [5, 5.41) is 0. The van der Waals surface area contributed by atoms with Crippen molar-refractivity contribution in [3.63, 3.8) is 0 Å². The minimum absolute atomic E-state index is 0.240. The number of rotatable bonds is 3. The van der Waals surface area contributed by atoms with Crippen LogP contribution in [0.5, 0.6) is 5.75 Å². The van der Waals surface area contributed by atoms with Crippen molar-refractivity contribution in [2.45, 2.75) is 51.1 Å². The molecule has 0 amide bonds. The predicted molar refractivity (Wildman–Crippen MR) is 75.5 cm³/mol. The summed E-state index contributed by atoms with van der Waals surface area (Å²) >= 11 is 0. The summed E-state index contributed by atoms with van der Waals surface area (Å²) in [6.45, 7) is -3.02. The van der Waals surface area contributed by atoms with E-state index in [1.165, 1.54) is 12.1 Å². The maximum absolute atomic E-state index is 13.8. The normalized spacial score (nSPS) is 28.5. The number of carbonyl (C=O) groups excluding carboxylic acids is 1. The highest BCUT2D eigenvalue weighted by Gasteiger charge is 2.35. The molecule has 1 aromatic rings. The Labute approximate surface area is 127 Å². The van der Waals surface area contributed by atoms with Crippen molar-refractivity contribution < 1.29 is 22.7 Å². The number of ketones is 1. The van der Waals surface area contributed by atoms with Gasteiger partial charge < -0.3 is 4.74 Å². The van der Waals surface area contributed by atoms with Crippen molar-refractivity contribution in [2.24, 2.45) is 11.8 Å². The lowest BCUT2D eigenvalue weighted by atomic mass is 9.66. The van der Waals surface area contributed by atoms with E-state index in [0.29, 0.717) is 30.5 Å². The molecule has 2 nitrogen and oxygen atoms in total. The summed E-state index contributed by atoms with van der Waals surface area (Å²) in [6, 6.07) is 4.28. The van der Waals surface area contributed by atoms with Crippen molar-refractivity contribution in [3.05, 3.63) is 29.6 Å². The Hall–Kier alpha value is -1.52. The third-order valence-electron chi connectivity index (χ3n) is 5.07. The molecule has 3 unspecified atom stereocenters. The quantitative estimate of drug-likeness (QED) is 0.810. The van der Waals surface area contributed by atoms with Crippen molar-refractivity contribution in [3.8, 4) is 5.75 Å². The molecule has 0 N–H and O–H groups in total. The Kier molecular flexibility index (Phi) is 4.41. The zero-order valence-corrected chi connectivity index (χ0v) is 12.2. The van der Waals surface area contributed by atoms with E-state index in [4.69, 9.17) is 0 Å². The molecule has 2 aliphatic carbocycles. The van der Waals surface area contributed by atoms with Crippen molar-refractivity contribution in [1.29, 1.82) is 0 Å². The molecule has 0 heterocycles. The molecule has 2 fully saturated rings. The Morgan fingerprint density at radius 3 is 2.68 bits per heavy atom. The van der Waals surface area contributed by atoms with Crippen molar-refractivity contribution in [2.75, 3.05) is 0 Å². The van der Waals surface area contributed by atoms with E-state index in [1.54, 1.807) is 6.07 Å². The lowest BCUT2D eigenvalue weighted by molar-refractivity contribution is -0.123. The lowest BCUT2D eigenvalue weighted by Crippen LogP contribution is -2.30. The van der Waals surface area contributed by atoms with Crippen molar-refractivity contribution >= 4 is 5.78 Å². The standard InChI is InChI=1S/C17H19F3O2/c18-15-9-13(4-6-16(15)22-17(19)20)10-1-2-12-8-14(21)5-3-11(12)7-10/h4,6,9-12,17H,1-3,5,7-8H2. The summed E-state index contributed by atoms with van der Waals surface area (Å²) in [6.07, 6.45) is 5.12. The topological polar surface area (TPSA) is 26.3 Å². The summed E-state index contributed by atoms with van der Waals surface area (Å²) in [4.78, 5) is 11.5. The predicted octanol–water partition coefficient (Wildman–Crippen LogP) is 4.68. The molecule has 2 saturated carbocycles. The van der Waals surface area contributed by atoms with Crippen LogP contribution < -0.4 is 4.74 Å². The fourth-order valence-corrected chi connectivity index (χ4v) is 3.96. The van der Waals surface area contributed by atoms with Crippen molar-refractivity contribution in [1.82, 2.24) is 0 Å². The highest BCUT2D eigenvalue weighted by Crippen LogP contribution is 2.45. The van der Waals surface area contributed by atoms with Crippen LogP contribution in [0.15, 0.2) is 18.2 Å². The van der Waals surface area contributed by atoms with Gasteiger partial charge in [-0.3, -0.25) is 4.79 Å². The van der Waals surface area contributed by atoms with E-state index in [1.807, 2.05) is 0 Å². The van der Waals surface area contributed by atoms with Gasteiger partial charge in [0.15, 0.2) is 11.6 Å². The van der Waals surface area contributed by atoms with Crippen LogP contribution in [-0.4, -0.2) is 12.4 Å². The summed E-state index contributed by atoms with van der Waals surface area (Å²) in [7, 11) is 0. The third-order valence-corrected chi connectivity index (χ3v) is 5.07. The van der Waals surface area contributed by atoms with Gasteiger partial charge in [-0.25, -0.2) is 4.39 Å². The Morgan fingerprint density at radius 1 is 1.14 bits per heavy atom. The molecule has 22 heavy (non-hydrogen) atoms. The molecule has 1 aromatic carbocycles. The summed E-state index contributed by atoms with van der Waals surface area (Å²) in [5.41, 5.74) is 0.842. The zero-order valence-electron chi connectivity index (χ0n) is 12.2. The van der Waals surface area contributed by atoms with E-state index >= 15 is 0 Å². The van der Waals surface area contributed by atoms with Gasteiger partial charge in [0.05, 0.1) is 0 Å². The minimum Gasteiger partial charge on any atom is -0.432 e. The highest BCUT2D eigenvalue weighted by atomic mass is 19.3. The Bertz CT molecular complexity index is 559. The Balaban J connectivity index is 1.70. The minimum atomic E-state index is -3.02. The van der Waals surface area contributed by atoms with Crippen LogP contribution in [0, 0.1) is 17.7 Å². The van der Waals surface area contributed by atoms with Crippen LogP contribution in [0.4, 0.5) is 13.2 Å². The SMILES string of the molecule is O=C1CCC2CC(c3ccc(OC(F)F)c(F)c3)CCC2C1. The zero-order chi connectivity index (χ0) is 15.7. The number of carbonyl (C=O) groups is 1. The van der Waals surface area contributed by atoms with Gasteiger partial charge in [0.1, 0.15) is 5.78 Å². The van der Waals surface area contributed by atoms with Crippen LogP contribution in [0.1, 0.15) is 50.0 Å². The number of halogens is 3. The largest absolute Gasteiger partial charge is 0.432 e. The molecule has 0 radical (unpaired) electrons. The smallest absolute Gasteiger partial charge is 0.387 e. The van der Waals surface area contributed by atoms with E-state index < -0.39 is 18.2 Å². The summed E-state index contributed by atoms with van der Waals surface area (Å²) < 4.78 is 42.3. The second-order valence-electron chi connectivity index (χ2n) is 6.38. The van der Waals surface area contributed by atoms with E-state index in [-0.39, 0.29) is 5.92 Å². The number of hydrogen-bond donors (Lipinski definition) is 0. The number of ether oxygens (including phenoxy) is 1. The molecular weight excluding hydrogens is 293 g/mol. The molecular formula is C17H19F3O2. The Morgan fingerprint density at radius 2 is 1.95 bits per heavy atom. The van der Waals surface area contributed by atoms with Gasteiger partial charge in [-0.2, -0.15) is 8.78 Å². The molecule has 0 bridgehead atoms. The van der Waals surface area contributed by atoms with Gasteiger partial charge in [-0.05, 0) is 61.1 Å². The lowest BCUT2D eigenvalue weighted by Gasteiger charge is -2.39. The van der Waals surface area contributed by atoms with Crippen LogP contribution in [0.25, 0.3) is 0 Å². The van der Waals surface area contributed by atoms with E-state index in [9.17, 15) is 18.0 Å². The van der Waals surface area contributed by atoms with Gasteiger partial charge in [0.2, 0.25) is 0 Å². The van der Waals surface area contributed by atoms with Gasteiger partial charge in [-0.15, -0.1) is 0 Å². The van der Waals surface area contributed by atoms with E-state index in [0.717, 1.165) is 31.2 Å². The summed E-state index contributed by atoms with van der Waals surface area (Å²) in [5.74, 6) is 0.457. The molecule has 0 aliphatic heterocycles. The second kappa shape index (κ2) is 6.31. The molecule has 0 aromatic heterocycles. The number of benzene rings is 1. The van der Waals surface area contributed by atoms with Gasteiger partial charge >= 0.3 is 6.61 Å². The first kappa shape index (κ1) is 15.4. The second-order valence-corrected chi connectivity index (χ2v) is 6.38. The van der Waals surface area contributed by atoms with Gasteiger partial charge in [0.25, 0.3) is 0 Å². The first-order valence-electron chi connectivity index (χ1n) is 7.79. The van der Waals surface area contributed by atoms with E-state index in [2.05, 4.69) is 4.74 Å². The van der Waals surface area contributed by atoms with Crippen LogP contribution in [-0.2, 0) is 4.79 Å². The average molecular weight is 312 g/mol.